The van der Waals surface area contributed by atoms with Crippen LogP contribution >= 0.6 is 0 Å². The van der Waals surface area contributed by atoms with E-state index in [9.17, 15) is 9.59 Å². The van der Waals surface area contributed by atoms with Gasteiger partial charge in [0.25, 0.3) is 5.91 Å². The summed E-state index contributed by atoms with van der Waals surface area (Å²) >= 11 is 0. The van der Waals surface area contributed by atoms with Gasteiger partial charge >= 0.3 is 5.97 Å². The molecule has 6 heteroatoms. The van der Waals surface area contributed by atoms with Gasteiger partial charge < -0.3 is 9.47 Å². The van der Waals surface area contributed by atoms with Gasteiger partial charge in [0, 0.05) is 0 Å². The molecule has 0 aromatic heterocycles. The van der Waals surface area contributed by atoms with Crippen LogP contribution in [0.2, 0.25) is 0 Å². The van der Waals surface area contributed by atoms with Crippen molar-refractivity contribution in [2.75, 3.05) is 18.1 Å². The third kappa shape index (κ3) is 3.87. The number of nitriles is 1. The molecule has 0 N–H and O–H groups in total. The van der Waals surface area contributed by atoms with Crippen LogP contribution in [0.1, 0.15) is 27.5 Å². The molecule has 3 aromatic carbocycles. The van der Waals surface area contributed by atoms with Crippen LogP contribution in [-0.2, 0) is 9.53 Å². The monoisotopic (exact) mass is 398 g/mol. The van der Waals surface area contributed by atoms with Crippen LogP contribution in [0, 0.1) is 11.3 Å². The fourth-order valence-corrected chi connectivity index (χ4v) is 3.38. The minimum absolute atomic E-state index is 0.281. The van der Waals surface area contributed by atoms with E-state index in [1.165, 1.54) is 24.3 Å². The lowest BCUT2D eigenvalue weighted by Gasteiger charge is -2.37. The molecule has 3 aromatic rings. The Morgan fingerprint density at radius 3 is 2.43 bits per heavy atom. The van der Waals surface area contributed by atoms with Crippen LogP contribution in [0.5, 0.6) is 5.75 Å². The quantitative estimate of drug-likeness (QED) is 0.623. The van der Waals surface area contributed by atoms with Gasteiger partial charge in [0.1, 0.15) is 12.4 Å². The lowest BCUT2D eigenvalue weighted by molar-refractivity contribution is -0.122. The molecule has 0 radical (unpaired) electrons. The van der Waals surface area contributed by atoms with E-state index in [4.69, 9.17) is 14.7 Å². The lowest BCUT2D eigenvalue weighted by Crippen LogP contribution is -2.43. The molecule has 1 atom stereocenters. The van der Waals surface area contributed by atoms with Crippen LogP contribution in [0.4, 0.5) is 5.69 Å². The zero-order valence-electron chi connectivity index (χ0n) is 16.0. The highest BCUT2D eigenvalue weighted by atomic mass is 16.5. The number of anilines is 1. The summed E-state index contributed by atoms with van der Waals surface area (Å²) in [6.45, 7) is -0.104. The smallest absolute Gasteiger partial charge is 0.338 e. The van der Waals surface area contributed by atoms with Crippen LogP contribution < -0.4 is 9.64 Å². The lowest BCUT2D eigenvalue weighted by atomic mass is 10.0. The molecular weight excluding hydrogens is 380 g/mol. The maximum Gasteiger partial charge on any atom is 0.338 e. The van der Waals surface area contributed by atoms with E-state index in [0.29, 0.717) is 23.6 Å². The van der Waals surface area contributed by atoms with Crippen molar-refractivity contribution in [2.24, 2.45) is 0 Å². The molecule has 148 valence electrons. The van der Waals surface area contributed by atoms with Gasteiger partial charge in [-0.3, -0.25) is 9.69 Å². The second-order valence-electron chi connectivity index (χ2n) is 6.73. The fraction of sp³-hybridized carbons (Fsp3) is 0.125. The van der Waals surface area contributed by atoms with Crippen molar-refractivity contribution in [3.05, 3.63) is 95.6 Å². The largest absolute Gasteiger partial charge is 0.489 e. The van der Waals surface area contributed by atoms with Crippen molar-refractivity contribution in [2.45, 2.75) is 6.04 Å². The maximum atomic E-state index is 13.1. The third-order valence-corrected chi connectivity index (χ3v) is 4.86. The van der Waals surface area contributed by atoms with Crippen molar-refractivity contribution in [1.82, 2.24) is 0 Å². The molecular formula is C24H18N2O4. The standard InChI is InChI=1S/C24H18N2O4/c25-14-17-10-12-19(13-11-17)24(28)30-16-23(27)26-20-8-4-5-9-22(20)29-15-21(26)18-6-2-1-3-7-18/h1-13,21H,15-16H2. The van der Waals surface area contributed by atoms with Crippen LogP contribution in [-0.4, -0.2) is 25.1 Å². The van der Waals surface area contributed by atoms with E-state index in [-0.39, 0.29) is 17.5 Å². The molecule has 1 unspecified atom stereocenters. The highest BCUT2D eigenvalue weighted by Gasteiger charge is 2.33. The first-order valence-corrected chi connectivity index (χ1v) is 9.43. The number of carbonyl (C=O) groups excluding carboxylic acids is 2. The van der Waals surface area contributed by atoms with Crippen LogP contribution in [0.15, 0.2) is 78.9 Å². The first kappa shape index (κ1) is 19.2. The molecule has 1 heterocycles. The summed E-state index contributed by atoms with van der Waals surface area (Å²) in [6, 6.07) is 24.6. The first-order valence-electron chi connectivity index (χ1n) is 9.43. The molecule has 1 amide bonds. The van der Waals surface area contributed by atoms with Crippen LogP contribution in [0.3, 0.4) is 0 Å². The van der Waals surface area contributed by atoms with E-state index in [0.717, 1.165) is 5.56 Å². The van der Waals surface area contributed by atoms with Gasteiger partial charge in [0.05, 0.1) is 28.9 Å². The molecule has 0 bridgehead atoms. The van der Waals surface area contributed by atoms with E-state index < -0.39 is 12.6 Å². The first-order chi connectivity index (χ1) is 14.7. The molecule has 1 aliphatic heterocycles. The predicted molar refractivity (Wildman–Crippen MR) is 110 cm³/mol. The molecule has 30 heavy (non-hydrogen) atoms. The normalized spacial score (nSPS) is 14.8. The minimum Gasteiger partial charge on any atom is -0.489 e. The van der Waals surface area contributed by atoms with Gasteiger partial charge in [0.2, 0.25) is 0 Å². The predicted octanol–water partition coefficient (Wildman–Crippen LogP) is 3.88. The molecule has 0 spiro atoms. The molecule has 0 saturated carbocycles. The number of nitrogens with zero attached hydrogens (tertiary/aromatic N) is 2. The number of hydrogen-bond acceptors (Lipinski definition) is 5. The van der Waals surface area contributed by atoms with Gasteiger partial charge in [-0.1, -0.05) is 42.5 Å². The summed E-state index contributed by atoms with van der Waals surface area (Å²) in [4.78, 5) is 27.1. The van der Waals surface area contributed by atoms with Gasteiger partial charge in [-0.15, -0.1) is 0 Å². The fourth-order valence-electron chi connectivity index (χ4n) is 3.38. The number of benzene rings is 3. The molecule has 0 saturated heterocycles. The number of para-hydroxylation sites is 2. The number of amides is 1. The Bertz CT molecular complexity index is 1100. The SMILES string of the molecule is N#Cc1ccc(C(=O)OCC(=O)N2c3ccccc3OCC2c2ccccc2)cc1. The number of hydrogen-bond donors (Lipinski definition) is 0. The Balaban J connectivity index is 1.55. The highest BCUT2D eigenvalue weighted by molar-refractivity contribution is 5.99. The molecule has 6 nitrogen and oxygen atoms in total. The number of rotatable bonds is 4. The Kier molecular flexibility index (Phi) is 5.44. The molecule has 1 aliphatic rings. The summed E-state index contributed by atoms with van der Waals surface area (Å²) in [5.41, 5.74) is 2.29. The maximum absolute atomic E-state index is 13.1. The van der Waals surface area contributed by atoms with E-state index in [1.807, 2.05) is 54.6 Å². The number of carbonyl (C=O) groups is 2. The zero-order valence-corrected chi connectivity index (χ0v) is 16.0. The van der Waals surface area contributed by atoms with Crippen molar-refractivity contribution < 1.29 is 19.1 Å². The van der Waals surface area contributed by atoms with Crippen molar-refractivity contribution >= 4 is 17.6 Å². The van der Waals surface area contributed by atoms with Gasteiger partial charge in [-0.2, -0.15) is 5.26 Å². The summed E-state index contributed by atoms with van der Waals surface area (Å²) in [5, 5.41) is 8.86. The summed E-state index contributed by atoms with van der Waals surface area (Å²) in [7, 11) is 0. The van der Waals surface area contributed by atoms with Crippen molar-refractivity contribution in [3.8, 4) is 11.8 Å². The van der Waals surface area contributed by atoms with E-state index in [2.05, 4.69) is 0 Å². The Labute approximate surface area is 173 Å². The van der Waals surface area contributed by atoms with Crippen molar-refractivity contribution in [1.29, 1.82) is 5.26 Å². The van der Waals surface area contributed by atoms with E-state index >= 15 is 0 Å². The van der Waals surface area contributed by atoms with Gasteiger partial charge in [0.15, 0.2) is 6.61 Å². The zero-order chi connectivity index (χ0) is 20.9. The molecule has 0 fully saturated rings. The Morgan fingerprint density at radius 1 is 1.00 bits per heavy atom. The highest BCUT2D eigenvalue weighted by Crippen LogP contribution is 2.39. The Hall–Kier alpha value is -4.11. The average Bonchev–Trinajstić information content (AvgIpc) is 2.82. The summed E-state index contributed by atoms with van der Waals surface area (Å²) < 4.78 is 11.1. The van der Waals surface area contributed by atoms with Gasteiger partial charge in [-0.05, 0) is 42.0 Å². The summed E-state index contributed by atoms with van der Waals surface area (Å²) in [5.74, 6) is -0.358. The molecule has 4 rings (SSSR count). The van der Waals surface area contributed by atoms with E-state index in [1.54, 1.807) is 11.0 Å². The molecule has 0 aliphatic carbocycles. The van der Waals surface area contributed by atoms with Crippen LogP contribution in [0.25, 0.3) is 0 Å². The topological polar surface area (TPSA) is 79.6 Å². The second-order valence-corrected chi connectivity index (χ2v) is 6.73. The number of ether oxygens (including phenoxy) is 2. The second kappa shape index (κ2) is 8.50. The Morgan fingerprint density at radius 2 is 1.70 bits per heavy atom. The summed E-state index contributed by atoms with van der Waals surface area (Å²) in [6.07, 6.45) is 0. The van der Waals surface area contributed by atoms with Crippen molar-refractivity contribution in [3.63, 3.8) is 0 Å². The number of fused-ring (bicyclic) bond motifs is 1. The van der Waals surface area contributed by atoms with Gasteiger partial charge in [-0.25, -0.2) is 4.79 Å². The average molecular weight is 398 g/mol. The minimum atomic E-state index is -0.620. The third-order valence-electron chi connectivity index (χ3n) is 4.86. The number of esters is 1.